The fourth-order valence-corrected chi connectivity index (χ4v) is 2.73. The Kier molecular flexibility index (Phi) is 4.78. The second kappa shape index (κ2) is 6.34. The fraction of sp³-hybridized carbons (Fsp3) is 0.786. The molecule has 2 N–H and O–H groups in total. The minimum absolute atomic E-state index is 0.637. The average molecular weight is 250 g/mol. The van der Waals surface area contributed by atoms with E-state index in [0.29, 0.717) is 6.04 Å². The van der Waals surface area contributed by atoms with Gasteiger partial charge in [-0.3, -0.25) is 10.00 Å². The number of nitrogens with zero attached hydrogens (tertiary/aromatic N) is 2. The van der Waals surface area contributed by atoms with Crippen molar-refractivity contribution in [2.24, 2.45) is 0 Å². The summed E-state index contributed by atoms with van der Waals surface area (Å²) in [6.07, 6.45) is 4.14. The first kappa shape index (κ1) is 13.6. The number of hydrogen-bond donors (Lipinski definition) is 2. The molecule has 1 unspecified atom stereocenters. The van der Waals surface area contributed by atoms with Gasteiger partial charge in [-0.15, -0.1) is 0 Å². The highest BCUT2D eigenvalue weighted by Gasteiger charge is 2.16. The van der Waals surface area contributed by atoms with Crippen molar-refractivity contribution in [3.05, 3.63) is 17.0 Å². The lowest BCUT2D eigenvalue weighted by atomic mass is 10.1. The number of aryl methyl sites for hydroxylation is 2. The molecule has 0 saturated carbocycles. The van der Waals surface area contributed by atoms with Gasteiger partial charge in [0.1, 0.15) is 0 Å². The van der Waals surface area contributed by atoms with E-state index in [-0.39, 0.29) is 0 Å². The van der Waals surface area contributed by atoms with Gasteiger partial charge in [0.05, 0.1) is 5.69 Å². The Bertz CT molecular complexity index is 346. The first-order valence-electron chi connectivity index (χ1n) is 7.13. The number of hydrogen-bond acceptors (Lipinski definition) is 3. The van der Waals surface area contributed by atoms with E-state index in [1.807, 2.05) is 0 Å². The molecule has 102 valence electrons. The highest BCUT2D eigenvalue weighted by atomic mass is 15.2. The second-order valence-electron chi connectivity index (χ2n) is 5.49. The van der Waals surface area contributed by atoms with Crippen LogP contribution < -0.4 is 5.32 Å². The van der Waals surface area contributed by atoms with Gasteiger partial charge in [0.15, 0.2) is 0 Å². The number of aromatic amines is 1. The minimum atomic E-state index is 0.637. The number of aromatic nitrogens is 2. The lowest BCUT2D eigenvalue weighted by Crippen LogP contribution is -2.43. The molecule has 18 heavy (non-hydrogen) atoms. The molecule has 1 atom stereocenters. The minimum Gasteiger partial charge on any atom is -0.311 e. The van der Waals surface area contributed by atoms with E-state index in [4.69, 9.17) is 0 Å². The van der Waals surface area contributed by atoms with Crippen LogP contribution in [0.15, 0.2) is 0 Å². The molecule has 4 heteroatoms. The lowest BCUT2D eigenvalue weighted by Gasteiger charge is -2.32. The van der Waals surface area contributed by atoms with Gasteiger partial charge >= 0.3 is 0 Å². The van der Waals surface area contributed by atoms with E-state index in [9.17, 15) is 0 Å². The molecule has 0 spiro atoms. The summed E-state index contributed by atoms with van der Waals surface area (Å²) in [5.74, 6) is 0. The van der Waals surface area contributed by atoms with Crippen LogP contribution in [0.2, 0.25) is 0 Å². The summed E-state index contributed by atoms with van der Waals surface area (Å²) in [6, 6.07) is 0.637. The summed E-state index contributed by atoms with van der Waals surface area (Å²) < 4.78 is 0. The van der Waals surface area contributed by atoms with Crippen LogP contribution in [0, 0.1) is 13.8 Å². The van der Waals surface area contributed by atoms with Crippen LogP contribution >= 0.6 is 0 Å². The van der Waals surface area contributed by atoms with Gasteiger partial charge in [-0.25, -0.2) is 0 Å². The van der Waals surface area contributed by atoms with Crippen LogP contribution in [-0.4, -0.2) is 40.8 Å². The third-order valence-corrected chi connectivity index (χ3v) is 4.04. The maximum Gasteiger partial charge on any atom is 0.0638 e. The maximum absolute atomic E-state index is 4.23. The molecule has 1 saturated heterocycles. The molecule has 4 nitrogen and oxygen atoms in total. The third kappa shape index (κ3) is 3.33. The molecule has 1 fully saturated rings. The number of H-pyrrole nitrogens is 1. The Morgan fingerprint density at radius 2 is 2.00 bits per heavy atom. The van der Waals surface area contributed by atoms with Gasteiger partial charge in [-0.1, -0.05) is 6.42 Å². The molecule has 1 aliphatic heterocycles. The predicted octanol–water partition coefficient (Wildman–Crippen LogP) is 1.99. The van der Waals surface area contributed by atoms with Crippen LogP contribution in [0.4, 0.5) is 0 Å². The van der Waals surface area contributed by atoms with Gasteiger partial charge in [0, 0.05) is 30.4 Å². The number of likely N-dealkylation sites (tertiary alicyclic amines) is 1. The third-order valence-electron chi connectivity index (χ3n) is 4.04. The normalized spacial score (nSPS) is 19.1. The van der Waals surface area contributed by atoms with E-state index < -0.39 is 0 Å². The van der Waals surface area contributed by atoms with E-state index in [1.54, 1.807) is 0 Å². The molecule has 0 radical (unpaired) electrons. The second-order valence-corrected chi connectivity index (χ2v) is 5.49. The van der Waals surface area contributed by atoms with Gasteiger partial charge < -0.3 is 5.32 Å². The van der Waals surface area contributed by atoms with Gasteiger partial charge in [-0.05, 0) is 46.7 Å². The topological polar surface area (TPSA) is 44.0 Å². The highest BCUT2D eigenvalue weighted by molar-refractivity contribution is 5.22. The molecule has 0 amide bonds. The first-order valence-corrected chi connectivity index (χ1v) is 7.13. The van der Waals surface area contributed by atoms with Crippen molar-refractivity contribution in [2.45, 2.75) is 52.6 Å². The molecule has 2 heterocycles. The Morgan fingerprint density at radius 3 is 2.61 bits per heavy atom. The fourth-order valence-electron chi connectivity index (χ4n) is 2.73. The summed E-state index contributed by atoms with van der Waals surface area (Å²) in [6.45, 7) is 11.0. The number of nitrogens with one attached hydrogen (secondary N) is 2. The van der Waals surface area contributed by atoms with Gasteiger partial charge in [0.2, 0.25) is 0 Å². The molecule has 0 aromatic carbocycles. The average Bonchev–Trinajstić information content (AvgIpc) is 2.71. The Balaban J connectivity index is 1.74. The summed E-state index contributed by atoms with van der Waals surface area (Å²) in [5, 5.41) is 10.8. The van der Waals surface area contributed by atoms with Crippen molar-refractivity contribution in [1.29, 1.82) is 0 Å². The largest absolute Gasteiger partial charge is 0.311 e. The van der Waals surface area contributed by atoms with Crippen LogP contribution in [0.1, 0.15) is 43.1 Å². The van der Waals surface area contributed by atoms with Crippen LogP contribution in [-0.2, 0) is 6.54 Å². The molecule has 1 aliphatic rings. The van der Waals surface area contributed by atoms with Crippen molar-refractivity contribution >= 4 is 0 Å². The molecule has 1 aromatic heterocycles. The molecule has 2 rings (SSSR count). The van der Waals surface area contributed by atoms with Crippen molar-refractivity contribution in [3.8, 4) is 0 Å². The van der Waals surface area contributed by atoms with E-state index in [2.05, 4.69) is 41.2 Å². The zero-order valence-corrected chi connectivity index (χ0v) is 11.9. The standard InChI is InChI=1S/C14H26N4/c1-11(18-7-5-4-6-8-18)9-15-10-14-12(2)16-17-13(14)3/h11,15H,4-10H2,1-3H3,(H,16,17). The van der Waals surface area contributed by atoms with Crippen LogP contribution in [0.25, 0.3) is 0 Å². The zero-order chi connectivity index (χ0) is 13.0. The molecular weight excluding hydrogens is 224 g/mol. The molecular formula is C14H26N4. The lowest BCUT2D eigenvalue weighted by molar-refractivity contribution is 0.170. The number of rotatable bonds is 5. The van der Waals surface area contributed by atoms with Crippen molar-refractivity contribution < 1.29 is 0 Å². The zero-order valence-electron chi connectivity index (χ0n) is 11.9. The Morgan fingerprint density at radius 1 is 1.28 bits per heavy atom. The first-order chi connectivity index (χ1) is 8.68. The summed E-state index contributed by atoms with van der Waals surface area (Å²) >= 11 is 0. The predicted molar refractivity (Wildman–Crippen MR) is 74.7 cm³/mol. The quantitative estimate of drug-likeness (QED) is 0.840. The molecule has 0 bridgehead atoms. The smallest absolute Gasteiger partial charge is 0.0638 e. The summed E-state index contributed by atoms with van der Waals surface area (Å²) in [4.78, 5) is 2.60. The monoisotopic (exact) mass is 250 g/mol. The van der Waals surface area contributed by atoms with Gasteiger partial charge in [-0.2, -0.15) is 5.10 Å². The summed E-state index contributed by atoms with van der Waals surface area (Å²) in [5.41, 5.74) is 3.62. The van der Waals surface area contributed by atoms with Crippen molar-refractivity contribution in [3.63, 3.8) is 0 Å². The van der Waals surface area contributed by atoms with Crippen molar-refractivity contribution in [1.82, 2.24) is 20.4 Å². The van der Waals surface area contributed by atoms with Gasteiger partial charge in [0.25, 0.3) is 0 Å². The SMILES string of the molecule is Cc1n[nH]c(C)c1CNCC(C)N1CCCCC1. The Hall–Kier alpha value is -0.870. The van der Waals surface area contributed by atoms with E-state index in [0.717, 1.165) is 18.8 Å². The summed E-state index contributed by atoms with van der Waals surface area (Å²) in [7, 11) is 0. The van der Waals surface area contributed by atoms with Crippen molar-refractivity contribution in [2.75, 3.05) is 19.6 Å². The number of piperidine rings is 1. The van der Waals surface area contributed by atoms with E-state index in [1.165, 1.54) is 43.6 Å². The highest BCUT2D eigenvalue weighted by Crippen LogP contribution is 2.12. The molecule has 1 aromatic rings. The molecule has 0 aliphatic carbocycles. The Labute approximate surface area is 110 Å². The van der Waals surface area contributed by atoms with Crippen LogP contribution in [0.3, 0.4) is 0 Å². The van der Waals surface area contributed by atoms with Crippen LogP contribution in [0.5, 0.6) is 0 Å². The van der Waals surface area contributed by atoms with E-state index >= 15 is 0 Å². The maximum atomic E-state index is 4.23.